The molecule has 0 amide bonds. The number of aliphatic hydroxyl groups is 4. The van der Waals surface area contributed by atoms with Crippen molar-refractivity contribution in [1.29, 1.82) is 0 Å². The van der Waals surface area contributed by atoms with E-state index in [0.717, 1.165) is 0 Å². The summed E-state index contributed by atoms with van der Waals surface area (Å²) in [5.41, 5.74) is 0. The number of hydrogen-bond acceptors (Lipinski definition) is 6. The van der Waals surface area contributed by atoms with Crippen LogP contribution < -0.4 is 0 Å². The minimum atomic E-state index is -1.65. The molecule has 0 aromatic rings. The molecular weight excluding hydrogens is 220 g/mol. The maximum Gasteiger partial charge on any atom is 0.142 e. The fourth-order valence-electron chi connectivity index (χ4n) is 1.57. The van der Waals surface area contributed by atoms with Crippen molar-refractivity contribution < 1.29 is 26.5 Å². The van der Waals surface area contributed by atoms with E-state index in [1.807, 2.05) is 0 Å². The summed E-state index contributed by atoms with van der Waals surface area (Å²) in [5, 5.41) is 37.9. The van der Waals surface area contributed by atoms with Gasteiger partial charge in [-0.3, -0.25) is 0 Å². The van der Waals surface area contributed by atoms with E-state index in [1.165, 1.54) is 13.8 Å². The predicted octanol–water partition coefficient (Wildman–Crippen LogP) is -1.26. The van der Waals surface area contributed by atoms with Crippen LogP contribution >= 0.6 is 12.6 Å². The molecule has 0 aliphatic carbocycles. The van der Waals surface area contributed by atoms with Crippen LogP contribution in [-0.2, 0) is 4.74 Å². The van der Waals surface area contributed by atoms with Gasteiger partial charge in [-0.1, -0.05) is 13.8 Å². The van der Waals surface area contributed by atoms with E-state index in [4.69, 9.17) is 11.2 Å². The zero-order valence-corrected chi connectivity index (χ0v) is 9.56. The summed E-state index contributed by atoms with van der Waals surface area (Å²) in [5.74, 6) is -1.32. The van der Waals surface area contributed by atoms with Gasteiger partial charge >= 0.3 is 0 Å². The molecule has 0 spiro atoms. The molecule has 0 bridgehead atoms. The smallest absolute Gasteiger partial charge is 0.142 e. The Kier molecular flexibility index (Phi) is 3.54. The molecule has 6 heteroatoms. The number of aliphatic hydroxyl groups excluding tert-OH is 4. The standard InChI is InChI=1S/C9H18O5S/c1-4(2)9(15)8(13)7(12)6(11)5(3-10)14-9/h4-8,10-13,15H,3H2,1-2H3/t5-,6+,7+,8-,9?/m1/s1/i4D. The maximum atomic E-state index is 9.80. The molecule has 4 N–H and O–H groups in total. The van der Waals surface area contributed by atoms with Gasteiger partial charge in [-0.2, -0.15) is 0 Å². The summed E-state index contributed by atoms with van der Waals surface area (Å²) in [6.45, 7) is 2.40. The fourth-order valence-corrected chi connectivity index (χ4v) is 1.86. The third kappa shape index (κ3) is 2.15. The van der Waals surface area contributed by atoms with Crippen molar-refractivity contribution in [3.8, 4) is 0 Å². The second-order valence-corrected chi connectivity index (χ2v) is 4.63. The molecule has 1 fully saturated rings. The summed E-state index contributed by atoms with van der Waals surface area (Å²) < 4.78 is 13.1. The first-order chi connectivity index (χ1) is 7.15. The normalized spacial score (nSPS) is 48.9. The molecule has 0 aromatic heterocycles. The van der Waals surface area contributed by atoms with Gasteiger partial charge in [0.1, 0.15) is 29.3 Å². The molecule has 5 atom stereocenters. The summed E-state index contributed by atoms with van der Waals surface area (Å²) >= 11 is 4.10. The van der Waals surface area contributed by atoms with Crippen molar-refractivity contribution in [3.63, 3.8) is 0 Å². The number of rotatable bonds is 2. The number of thiol groups is 1. The van der Waals surface area contributed by atoms with Crippen molar-refractivity contribution in [2.45, 2.75) is 43.2 Å². The summed E-state index contributed by atoms with van der Waals surface area (Å²) in [6, 6.07) is 0. The highest BCUT2D eigenvalue weighted by Crippen LogP contribution is 2.38. The lowest BCUT2D eigenvalue weighted by Gasteiger charge is -2.48. The molecule has 90 valence electrons. The van der Waals surface area contributed by atoms with Crippen LogP contribution in [0.1, 0.15) is 15.2 Å². The van der Waals surface area contributed by atoms with Gasteiger partial charge in [-0.05, 0) is 5.89 Å². The minimum absolute atomic E-state index is 0.524. The lowest BCUT2D eigenvalue weighted by molar-refractivity contribution is -0.251. The quantitative estimate of drug-likeness (QED) is 0.388. The van der Waals surface area contributed by atoms with Crippen LogP contribution in [0.4, 0.5) is 0 Å². The highest BCUT2D eigenvalue weighted by molar-refractivity contribution is 7.81. The van der Waals surface area contributed by atoms with Gasteiger partial charge in [-0.15, -0.1) is 12.6 Å². The zero-order valence-electron chi connectivity index (χ0n) is 9.66. The molecule has 1 unspecified atom stereocenters. The highest BCUT2D eigenvalue weighted by Gasteiger charge is 2.52. The molecule has 5 nitrogen and oxygen atoms in total. The monoisotopic (exact) mass is 239 g/mol. The second-order valence-electron chi connectivity index (χ2n) is 3.96. The van der Waals surface area contributed by atoms with Gasteiger partial charge in [0.25, 0.3) is 0 Å². The van der Waals surface area contributed by atoms with E-state index >= 15 is 0 Å². The average molecular weight is 239 g/mol. The van der Waals surface area contributed by atoms with E-state index < -0.39 is 41.8 Å². The Hall–Kier alpha value is 0.150. The van der Waals surface area contributed by atoms with E-state index in [0.29, 0.717) is 0 Å². The van der Waals surface area contributed by atoms with E-state index in [-0.39, 0.29) is 0 Å². The third-order valence-corrected chi connectivity index (χ3v) is 3.50. The highest BCUT2D eigenvalue weighted by atomic mass is 32.1. The van der Waals surface area contributed by atoms with Crippen molar-refractivity contribution in [3.05, 3.63) is 0 Å². The second kappa shape index (κ2) is 4.57. The Bertz CT molecular complexity index is 257. The van der Waals surface area contributed by atoms with Crippen LogP contribution in [0, 0.1) is 5.89 Å². The summed E-state index contributed by atoms with van der Waals surface area (Å²) in [4.78, 5) is -1.65. The lowest BCUT2D eigenvalue weighted by atomic mass is 9.89. The first kappa shape index (κ1) is 11.6. The SMILES string of the molecule is [2H]C(C)(C)C1(S)O[C@H](CO)[C@H](O)[C@H](O)[C@H]1O. The lowest BCUT2D eigenvalue weighted by Crippen LogP contribution is -2.64. The number of ether oxygens (including phenoxy) is 1. The molecule has 1 rings (SSSR count). The van der Waals surface area contributed by atoms with Gasteiger partial charge in [-0.25, -0.2) is 0 Å². The van der Waals surface area contributed by atoms with Crippen LogP contribution in [0.15, 0.2) is 0 Å². The van der Waals surface area contributed by atoms with Crippen molar-refractivity contribution >= 4 is 12.6 Å². The average Bonchev–Trinajstić information content (AvgIpc) is 2.19. The molecular formula is C9H18O5S. The first-order valence-electron chi connectivity index (χ1n) is 5.20. The van der Waals surface area contributed by atoms with Crippen LogP contribution in [-0.4, -0.2) is 56.4 Å². The van der Waals surface area contributed by atoms with Gasteiger partial charge < -0.3 is 25.2 Å². The van der Waals surface area contributed by atoms with E-state index in [9.17, 15) is 15.3 Å². The summed E-state index contributed by atoms with van der Waals surface area (Å²) in [7, 11) is 0. The predicted molar refractivity (Wildman–Crippen MR) is 56.5 cm³/mol. The number of hydrogen-bond donors (Lipinski definition) is 5. The topological polar surface area (TPSA) is 90.2 Å². The molecule has 0 aromatic carbocycles. The minimum Gasteiger partial charge on any atom is -0.394 e. The third-order valence-electron chi connectivity index (χ3n) is 2.68. The van der Waals surface area contributed by atoms with E-state index in [1.54, 1.807) is 0 Å². The Morgan fingerprint density at radius 2 is 1.93 bits per heavy atom. The van der Waals surface area contributed by atoms with Gasteiger partial charge in [0, 0.05) is 1.37 Å². The fraction of sp³-hybridized carbons (Fsp3) is 1.00. The molecule has 1 saturated heterocycles. The zero-order chi connectivity index (χ0) is 12.7. The van der Waals surface area contributed by atoms with Gasteiger partial charge in [0.2, 0.25) is 0 Å². The molecule has 0 saturated carbocycles. The Balaban J connectivity index is 3.04. The van der Waals surface area contributed by atoms with Crippen molar-refractivity contribution in [1.82, 2.24) is 0 Å². The van der Waals surface area contributed by atoms with Gasteiger partial charge in [0.15, 0.2) is 0 Å². The first-order valence-corrected chi connectivity index (χ1v) is 5.15. The molecule has 0 radical (unpaired) electrons. The largest absolute Gasteiger partial charge is 0.394 e. The molecule has 1 aliphatic heterocycles. The van der Waals surface area contributed by atoms with Gasteiger partial charge in [0.05, 0.1) is 6.61 Å². The maximum absolute atomic E-state index is 9.80. The molecule has 1 heterocycles. The van der Waals surface area contributed by atoms with Crippen LogP contribution in [0.2, 0.25) is 0 Å². The Morgan fingerprint density at radius 3 is 2.33 bits per heavy atom. The van der Waals surface area contributed by atoms with Crippen molar-refractivity contribution in [2.24, 2.45) is 5.89 Å². The van der Waals surface area contributed by atoms with Crippen LogP contribution in [0.3, 0.4) is 0 Å². The molecule has 15 heavy (non-hydrogen) atoms. The molecule has 1 aliphatic rings. The Morgan fingerprint density at radius 1 is 1.40 bits per heavy atom. The van der Waals surface area contributed by atoms with Crippen molar-refractivity contribution in [2.75, 3.05) is 6.61 Å². The van der Waals surface area contributed by atoms with Crippen LogP contribution in [0.5, 0.6) is 0 Å². The van der Waals surface area contributed by atoms with Crippen LogP contribution in [0.25, 0.3) is 0 Å². The summed E-state index contributed by atoms with van der Waals surface area (Å²) in [6.07, 6.45) is -5.49. The van der Waals surface area contributed by atoms with E-state index in [2.05, 4.69) is 12.6 Å². The Labute approximate surface area is 95.5 Å².